The molecule has 3 aromatic rings. The summed E-state index contributed by atoms with van der Waals surface area (Å²) in [7, 11) is 0. The van der Waals surface area contributed by atoms with Gasteiger partial charge in [-0.1, -0.05) is 60.7 Å². The third kappa shape index (κ3) is 2.69. The van der Waals surface area contributed by atoms with Gasteiger partial charge < -0.3 is 4.98 Å². The van der Waals surface area contributed by atoms with Gasteiger partial charge in [0, 0.05) is 6.20 Å². The van der Waals surface area contributed by atoms with Crippen LogP contribution in [0.5, 0.6) is 0 Å². The summed E-state index contributed by atoms with van der Waals surface area (Å²) < 4.78 is 1.22. The third-order valence-corrected chi connectivity index (χ3v) is 3.33. The quantitative estimate of drug-likeness (QED) is 0.799. The molecular formula is C17H14N2O2. The van der Waals surface area contributed by atoms with Gasteiger partial charge in [0.05, 0.1) is 12.1 Å². The van der Waals surface area contributed by atoms with E-state index in [1.165, 1.54) is 10.8 Å². The van der Waals surface area contributed by atoms with Gasteiger partial charge in [0.15, 0.2) is 0 Å². The van der Waals surface area contributed by atoms with Crippen molar-refractivity contribution in [2.45, 2.75) is 6.54 Å². The van der Waals surface area contributed by atoms with Crippen LogP contribution in [0, 0.1) is 0 Å². The summed E-state index contributed by atoms with van der Waals surface area (Å²) in [6, 6.07) is 18.8. The van der Waals surface area contributed by atoms with E-state index in [1.54, 1.807) is 0 Å². The van der Waals surface area contributed by atoms with Gasteiger partial charge in [0.2, 0.25) is 0 Å². The monoisotopic (exact) mass is 278 g/mol. The lowest BCUT2D eigenvalue weighted by Crippen LogP contribution is -2.35. The maximum absolute atomic E-state index is 12.5. The van der Waals surface area contributed by atoms with Gasteiger partial charge in [-0.3, -0.25) is 9.36 Å². The standard InChI is InChI=1S/C17H14N2O2/c20-16-15(14-9-5-2-6-10-14)11-18-17(21)19(16)12-13-7-3-1-4-8-13/h1-11H,12H2,(H,18,21). The van der Waals surface area contributed by atoms with E-state index < -0.39 is 5.69 Å². The lowest BCUT2D eigenvalue weighted by molar-refractivity contribution is 0.701. The molecule has 0 bridgehead atoms. The molecule has 0 amide bonds. The summed E-state index contributed by atoms with van der Waals surface area (Å²) in [6.07, 6.45) is 1.47. The fraction of sp³-hybridized carbons (Fsp3) is 0.0588. The van der Waals surface area contributed by atoms with Gasteiger partial charge in [-0.2, -0.15) is 0 Å². The molecule has 0 radical (unpaired) electrons. The number of H-pyrrole nitrogens is 1. The second kappa shape index (κ2) is 5.63. The van der Waals surface area contributed by atoms with Gasteiger partial charge in [0.1, 0.15) is 0 Å². The highest BCUT2D eigenvalue weighted by atomic mass is 16.2. The van der Waals surface area contributed by atoms with Gasteiger partial charge in [-0.25, -0.2) is 4.79 Å². The predicted molar refractivity (Wildman–Crippen MR) is 82.3 cm³/mol. The van der Waals surface area contributed by atoms with E-state index in [0.717, 1.165) is 11.1 Å². The number of hydrogen-bond acceptors (Lipinski definition) is 2. The Morgan fingerprint density at radius 3 is 2.14 bits per heavy atom. The summed E-state index contributed by atoms with van der Waals surface area (Å²) in [4.78, 5) is 27.1. The molecule has 0 aliphatic rings. The predicted octanol–water partition coefficient (Wildman–Crippen LogP) is 2.25. The lowest BCUT2D eigenvalue weighted by Gasteiger charge is -2.07. The van der Waals surface area contributed by atoms with Crippen LogP contribution in [0.15, 0.2) is 76.4 Å². The minimum Gasteiger partial charge on any atom is -0.313 e. The topological polar surface area (TPSA) is 54.9 Å². The molecule has 0 fully saturated rings. The van der Waals surface area contributed by atoms with E-state index in [4.69, 9.17) is 0 Å². The fourth-order valence-electron chi connectivity index (χ4n) is 2.25. The summed E-state index contributed by atoms with van der Waals surface area (Å²) >= 11 is 0. The first-order valence-electron chi connectivity index (χ1n) is 6.67. The maximum Gasteiger partial charge on any atom is 0.328 e. The van der Waals surface area contributed by atoms with E-state index >= 15 is 0 Å². The largest absolute Gasteiger partial charge is 0.328 e. The second-order valence-electron chi connectivity index (χ2n) is 4.75. The number of aromatic nitrogens is 2. The Balaban J connectivity index is 2.10. The van der Waals surface area contributed by atoms with Crippen LogP contribution in [0.1, 0.15) is 5.56 Å². The number of rotatable bonds is 3. The summed E-state index contributed by atoms with van der Waals surface area (Å²) in [5.41, 5.74) is 1.51. The molecule has 0 aliphatic carbocycles. The highest BCUT2D eigenvalue weighted by Gasteiger charge is 2.09. The van der Waals surface area contributed by atoms with Gasteiger partial charge >= 0.3 is 5.69 Å². The zero-order chi connectivity index (χ0) is 14.7. The zero-order valence-electron chi connectivity index (χ0n) is 11.3. The van der Waals surface area contributed by atoms with Crippen LogP contribution in [-0.4, -0.2) is 9.55 Å². The van der Waals surface area contributed by atoms with E-state index in [-0.39, 0.29) is 12.1 Å². The Hall–Kier alpha value is -2.88. The van der Waals surface area contributed by atoms with Crippen LogP contribution in [0.4, 0.5) is 0 Å². The Bertz CT molecular complexity index is 849. The molecule has 4 nitrogen and oxygen atoms in total. The van der Waals surface area contributed by atoms with Crippen LogP contribution < -0.4 is 11.2 Å². The van der Waals surface area contributed by atoms with Gasteiger partial charge in [-0.15, -0.1) is 0 Å². The number of benzene rings is 2. The average molecular weight is 278 g/mol. The number of hydrogen-bond donors (Lipinski definition) is 1. The summed E-state index contributed by atoms with van der Waals surface area (Å²) in [6.45, 7) is 0.260. The molecule has 1 N–H and O–H groups in total. The van der Waals surface area contributed by atoms with Crippen LogP contribution in [0.2, 0.25) is 0 Å². The number of aromatic amines is 1. The molecule has 4 heteroatoms. The molecule has 0 aliphatic heterocycles. The van der Waals surface area contributed by atoms with Crippen molar-refractivity contribution in [1.29, 1.82) is 0 Å². The first-order chi connectivity index (χ1) is 10.3. The smallest absolute Gasteiger partial charge is 0.313 e. The van der Waals surface area contributed by atoms with Gasteiger partial charge in [0.25, 0.3) is 5.56 Å². The van der Waals surface area contributed by atoms with Crippen molar-refractivity contribution in [3.63, 3.8) is 0 Å². The summed E-state index contributed by atoms with van der Waals surface area (Å²) in [5, 5.41) is 0. The Morgan fingerprint density at radius 1 is 0.857 bits per heavy atom. The molecule has 2 aromatic carbocycles. The third-order valence-electron chi connectivity index (χ3n) is 3.33. The van der Waals surface area contributed by atoms with E-state index in [1.807, 2.05) is 60.7 Å². The van der Waals surface area contributed by atoms with Crippen LogP contribution >= 0.6 is 0 Å². The molecule has 1 aromatic heterocycles. The molecule has 3 rings (SSSR count). The number of nitrogens with zero attached hydrogens (tertiary/aromatic N) is 1. The molecule has 0 atom stereocenters. The molecule has 0 saturated heterocycles. The second-order valence-corrected chi connectivity index (χ2v) is 4.75. The Morgan fingerprint density at radius 2 is 1.48 bits per heavy atom. The first-order valence-corrected chi connectivity index (χ1v) is 6.67. The Kier molecular flexibility index (Phi) is 3.51. The first kappa shape index (κ1) is 13.1. The molecule has 0 saturated carbocycles. The van der Waals surface area contributed by atoms with Crippen molar-refractivity contribution in [2.24, 2.45) is 0 Å². The lowest BCUT2D eigenvalue weighted by atomic mass is 10.1. The minimum absolute atomic E-state index is 0.260. The van der Waals surface area contributed by atoms with Crippen molar-refractivity contribution in [2.75, 3.05) is 0 Å². The zero-order valence-corrected chi connectivity index (χ0v) is 11.3. The number of nitrogens with one attached hydrogen (secondary N) is 1. The van der Waals surface area contributed by atoms with Crippen molar-refractivity contribution in [1.82, 2.24) is 9.55 Å². The Labute approximate surface area is 121 Å². The van der Waals surface area contributed by atoms with E-state index in [2.05, 4.69) is 4.98 Å². The van der Waals surface area contributed by atoms with Crippen LogP contribution in [0.3, 0.4) is 0 Å². The van der Waals surface area contributed by atoms with Crippen molar-refractivity contribution >= 4 is 0 Å². The van der Waals surface area contributed by atoms with Gasteiger partial charge in [-0.05, 0) is 11.1 Å². The fourth-order valence-corrected chi connectivity index (χ4v) is 2.25. The molecule has 104 valence electrons. The molecular weight excluding hydrogens is 264 g/mol. The van der Waals surface area contributed by atoms with E-state index in [9.17, 15) is 9.59 Å². The van der Waals surface area contributed by atoms with Crippen molar-refractivity contribution in [3.8, 4) is 11.1 Å². The normalized spacial score (nSPS) is 10.5. The van der Waals surface area contributed by atoms with Crippen molar-refractivity contribution < 1.29 is 0 Å². The SMILES string of the molecule is O=c1[nH]cc(-c2ccccc2)c(=O)n1Cc1ccccc1. The van der Waals surface area contributed by atoms with Crippen LogP contribution in [0.25, 0.3) is 11.1 Å². The summed E-state index contributed by atoms with van der Waals surface area (Å²) in [5.74, 6) is 0. The van der Waals surface area contributed by atoms with Crippen LogP contribution in [-0.2, 0) is 6.54 Å². The highest BCUT2D eigenvalue weighted by Crippen LogP contribution is 2.12. The minimum atomic E-state index is -0.400. The average Bonchev–Trinajstić information content (AvgIpc) is 2.53. The molecule has 0 unspecified atom stereocenters. The molecule has 21 heavy (non-hydrogen) atoms. The van der Waals surface area contributed by atoms with E-state index in [0.29, 0.717) is 5.56 Å². The maximum atomic E-state index is 12.5. The highest BCUT2D eigenvalue weighted by molar-refractivity contribution is 5.60. The van der Waals surface area contributed by atoms with Crippen molar-refractivity contribution in [3.05, 3.63) is 93.3 Å². The molecule has 0 spiro atoms. The molecule has 1 heterocycles.